The third kappa shape index (κ3) is 3.02. The van der Waals surface area contributed by atoms with E-state index < -0.39 is 9.84 Å². The molecule has 84 valence electrons. The van der Waals surface area contributed by atoms with E-state index in [4.69, 9.17) is 5.90 Å². The van der Waals surface area contributed by atoms with Gasteiger partial charge in [0, 0.05) is 12.2 Å². The maximum absolute atomic E-state index is 11.5. The molecule has 0 aromatic heterocycles. The van der Waals surface area contributed by atoms with Gasteiger partial charge in [-0.05, 0) is 11.6 Å². The first-order chi connectivity index (χ1) is 6.96. The Kier molecular flexibility index (Phi) is 3.84. The Labute approximate surface area is 89.9 Å². The molecule has 0 saturated carbocycles. The van der Waals surface area contributed by atoms with Gasteiger partial charge in [0.25, 0.3) is 0 Å². The Bertz CT molecular complexity index is 428. The van der Waals surface area contributed by atoms with Crippen molar-refractivity contribution in [2.45, 2.75) is 17.7 Å². The molecule has 0 amide bonds. The van der Waals surface area contributed by atoms with Gasteiger partial charge in [-0.15, -0.1) is 0 Å². The Hall–Kier alpha value is -0.910. The van der Waals surface area contributed by atoms with Crippen molar-refractivity contribution in [1.82, 2.24) is 0 Å². The van der Waals surface area contributed by atoms with Crippen LogP contribution in [0.15, 0.2) is 29.2 Å². The van der Waals surface area contributed by atoms with E-state index in [2.05, 4.69) is 4.84 Å². The number of hydrogen-bond donors (Lipinski definition) is 1. The van der Waals surface area contributed by atoms with Gasteiger partial charge >= 0.3 is 0 Å². The predicted octanol–water partition coefficient (Wildman–Crippen LogP) is 1.08. The first kappa shape index (κ1) is 12.2. The SMILES string of the molecule is CC(CON)c1ccccc1S(C)(=O)=O. The van der Waals surface area contributed by atoms with Crippen LogP contribution in [0.4, 0.5) is 0 Å². The lowest BCUT2D eigenvalue weighted by molar-refractivity contribution is 0.126. The summed E-state index contributed by atoms with van der Waals surface area (Å²) in [5, 5.41) is 0. The van der Waals surface area contributed by atoms with E-state index in [-0.39, 0.29) is 5.92 Å². The molecule has 0 aliphatic carbocycles. The van der Waals surface area contributed by atoms with Crippen LogP contribution in [0.5, 0.6) is 0 Å². The van der Waals surface area contributed by atoms with Gasteiger partial charge in [0.05, 0.1) is 11.5 Å². The van der Waals surface area contributed by atoms with Crippen LogP contribution < -0.4 is 5.90 Å². The highest BCUT2D eigenvalue weighted by molar-refractivity contribution is 7.90. The summed E-state index contributed by atoms with van der Waals surface area (Å²) in [5.41, 5.74) is 0.741. The molecular formula is C10H15NO3S. The van der Waals surface area contributed by atoms with Crippen molar-refractivity contribution in [2.24, 2.45) is 5.90 Å². The number of hydrogen-bond acceptors (Lipinski definition) is 4. The Morgan fingerprint density at radius 3 is 2.53 bits per heavy atom. The third-order valence-corrected chi connectivity index (χ3v) is 3.37. The van der Waals surface area contributed by atoms with Gasteiger partial charge in [-0.1, -0.05) is 25.1 Å². The second-order valence-corrected chi connectivity index (χ2v) is 5.53. The molecular weight excluding hydrogens is 214 g/mol. The zero-order valence-electron chi connectivity index (χ0n) is 8.80. The summed E-state index contributed by atoms with van der Waals surface area (Å²) in [7, 11) is -3.19. The van der Waals surface area contributed by atoms with Crippen LogP contribution in [0.3, 0.4) is 0 Å². The Morgan fingerprint density at radius 2 is 2.00 bits per heavy atom. The lowest BCUT2D eigenvalue weighted by Gasteiger charge is -2.13. The summed E-state index contributed by atoms with van der Waals surface area (Å²) in [4.78, 5) is 4.87. The minimum Gasteiger partial charge on any atom is -0.304 e. The largest absolute Gasteiger partial charge is 0.304 e. The summed E-state index contributed by atoms with van der Waals surface area (Å²) in [6.07, 6.45) is 1.20. The molecule has 1 rings (SSSR count). The number of sulfone groups is 1. The Morgan fingerprint density at radius 1 is 1.40 bits per heavy atom. The second-order valence-electron chi connectivity index (χ2n) is 3.54. The van der Waals surface area contributed by atoms with Crippen molar-refractivity contribution in [1.29, 1.82) is 0 Å². The van der Waals surface area contributed by atoms with Crippen LogP contribution in [0, 0.1) is 0 Å². The fraction of sp³-hybridized carbons (Fsp3) is 0.400. The van der Waals surface area contributed by atoms with Crippen LogP contribution in [-0.2, 0) is 14.7 Å². The zero-order valence-corrected chi connectivity index (χ0v) is 9.62. The van der Waals surface area contributed by atoms with E-state index in [1.54, 1.807) is 24.3 Å². The Balaban J connectivity index is 3.18. The van der Waals surface area contributed by atoms with Crippen LogP contribution in [0.2, 0.25) is 0 Å². The normalized spacial score (nSPS) is 13.8. The molecule has 15 heavy (non-hydrogen) atoms. The first-order valence-corrected chi connectivity index (χ1v) is 6.46. The fourth-order valence-corrected chi connectivity index (χ4v) is 2.48. The molecule has 1 atom stereocenters. The molecule has 0 radical (unpaired) electrons. The van der Waals surface area contributed by atoms with Crippen molar-refractivity contribution in [3.63, 3.8) is 0 Å². The standard InChI is InChI=1S/C10H15NO3S/c1-8(7-14-11)9-5-3-4-6-10(9)15(2,12)13/h3-6,8H,7,11H2,1-2H3. The molecule has 1 unspecified atom stereocenters. The average Bonchev–Trinajstić information content (AvgIpc) is 2.17. The number of rotatable bonds is 4. The third-order valence-electron chi connectivity index (χ3n) is 2.20. The van der Waals surface area contributed by atoms with Gasteiger partial charge in [0.1, 0.15) is 0 Å². The van der Waals surface area contributed by atoms with Gasteiger partial charge in [0.2, 0.25) is 0 Å². The van der Waals surface area contributed by atoms with Gasteiger partial charge in [-0.2, -0.15) is 0 Å². The van der Waals surface area contributed by atoms with Crippen LogP contribution in [-0.4, -0.2) is 21.3 Å². The summed E-state index contributed by atoms with van der Waals surface area (Å²) >= 11 is 0. The van der Waals surface area contributed by atoms with Crippen LogP contribution >= 0.6 is 0 Å². The summed E-state index contributed by atoms with van der Waals surface area (Å²) < 4.78 is 23.0. The summed E-state index contributed by atoms with van der Waals surface area (Å²) in [6, 6.07) is 6.88. The summed E-state index contributed by atoms with van der Waals surface area (Å²) in [5.74, 6) is 4.94. The highest BCUT2D eigenvalue weighted by Crippen LogP contribution is 2.23. The molecule has 0 aliphatic rings. The van der Waals surface area contributed by atoms with Crippen molar-refractivity contribution in [3.05, 3.63) is 29.8 Å². The molecule has 2 N–H and O–H groups in total. The predicted molar refractivity (Wildman–Crippen MR) is 58.1 cm³/mol. The van der Waals surface area contributed by atoms with E-state index in [9.17, 15) is 8.42 Å². The number of benzene rings is 1. The molecule has 0 saturated heterocycles. The fourth-order valence-electron chi connectivity index (χ4n) is 1.46. The van der Waals surface area contributed by atoms with E-state index in [0.717, 1.165) is 5.56 Å². The van der Waals surface area contributed by atoms with Gasteiger partial charge in [0.15, 0.2) is 9.84 Å². The van der Waals surface area contributed by atoms with Gasteiger partial charge in [-0.25, -0.2) is 14.3 Å². The topological polar surface area (TPSA) is 69.4 Å². The minimum absolute atomic E-state index is 0.0408. The smallest absolute Gasteiger partial charge is 0.175 e. The lowest BCUT2D eigenvalue weighted by atomic mass is 10.0. The van der Waals surface area contributed by atoms with Crippen molar-refractivity contribution in [3.8, 4) is 0 Å². The van der Waals surface area contributed by atoms with Gasteiger partial charge in [-0.3, -0.25) is 0 Å². The van der Waals surface area contributed by atoms with Crippen molar-refractivity contribution < 1.29 is 13.3 Å². The molecule has 0 aliphatic heterocycles. The van der Waals surface area contributed by atoms with Crippen molar-refractivity contribution in [2.75, 3.05) is 12.9 Å². The highest BCUT2D eigenvalue weighted by Gasteiger charge is 2.16. The molecule has 0 bridgehead atoms. The summed E-state index contributed by atoms with van der Waals surface area (Å²) in [6.45, 7) is 2.17. The van der Waals surface area contributed by atoms with E-state index in [1.807, 2.05) is 6.92 Å². The van der Waals surface area contributed by atoms with E-state index in [1.165, 1.54) is 6.26 Å². The maximum atomic E-state index is 11.5. The van der Waals surface area contributed by atoms with Crippen molar-refractivity contribution >= 4 is 9.84 Å². The monoisotopic (exact) mass is 229 g/mol. The van der Waals surface area contributed by atoms with Gasteiger partial charge < -0.3 is 4.84 Å². The molecule has 4 nitrogen and oxygen atoms in total. The number of nitrogens with two attached hydrogens (primary N) is 1. The second kappa shape index (κ2) is 4.74. The molecule has 0 heterocycles. The highest BCUT2D eigenvalue weighted by atomic mass is 32.2. The maximum Gasteiger partial charge on any atom is 0.175 e. The zero-order chi connectivity index (χ0) is 11.5. The average molecular weight is 229 g/mol. The van der Waals surface area contributed by atoms with Crippen LogP contribution in [0.25, 0.3) is 0 Å². The van der Waals surface area contributed by atoms with E-state index >= 15 is 0 Å². The molecule has 0 fully saturated rings. The molecule has 1 aromatic rings. The molecule has 5 heteroatoms. The minimum atomic E-state index is -3.19. The van der Waals surface area contributed by atoms with Crippen LogP contribution in [0.1, 0.15) is 18.4 Å². The van der Waals surface area contributed by atoms with E-state index in [0.29, 0.717) is 11.5 Å². The molecule has 0 spiro atoms. The molecule has 1 aromatic carbocycles. The quantitative estimate of drug-likeness (QED) is 0.784. The first-order valence-electron chi connectivity index (χ1n) is 4.57. The lowest BCUT2D eigenvalue weighted by Crippen LogP contribution is -2.12.